The molecule has 280 valence electrons. The Bertz CT molecular complexity index is 1190. The van der Waals surface area contributed by atoms with E-state index >= 15 is 0 Å². The number of allylic oxidation sites excluding steroid dienone is 1. The summed E-state index contributed by atoms with van der Waals surface area (Å²) in [6.45, 7) is 22.8. The van der Waals surface area contributed by atoms with Crippen molar-refractivity contribution < 1.29 is 14.3 Å². The van der Waals surface area contributed by atoms with Gasteiger partial charge in [-0.15, -0.1) is 0 Å². The Balaban J connectivity index is 1.02. The first-order valence-electron chi connectivity index (χ1n) is 21.8. The van der Waals surface area contributed by atoms with Gasteiger partial charge in [-0.05, 0) is 91.3 Å². The molecule has 0 unspecified atom stereocenters. The minimum atomic E-state index is -0.0159. The number of hydrogen-bond acceptors (Lipinski definition) is 3. The summed E-state index contributed by atoms with van der Waals surface area (Å²) in [5.41, 5.74) is 2.75. The van der Waals surface area contributed by atoms with Crippen LogP contribution in [0.3, 0.4) is 0 Å². The van der Waals surface area contributed by atoms with Gasteiger partial charge in [-0.1, -0.05) is 151 Å². The highest BCUT2D eigenvalue weighted by molar-refractivity contribution is 5.69. The number of rotatable bonds is 15. The Morgan fingerprint density at radius 3 is 2.02 bits per heavy atom. The lowest BCUT2D eigenvalue weighted by atomic mass is 9.34. The van der Waals surface area contributed by atoms with Gasteiger partial charge in [0.1, 0.15) is 6.10 Å². The fourth-order valence-corrected chi connectivity index (χ4v) is 14.4. The number of fused-ring (bicyclic) bond motifs is 10. The van der Waals surface area contributed by atoms with E-state index in [0.29, 0.717) is 41.8 Å². The molecule has 5 aliphatic carbocycles. The van der Waals surface area contributed by atoms with Gasteiger partial charge in [0.15, 0.2) is 0 Å². The fourth-order valence-electron chi connectivity index (χ4n) is 14.4. The van der Waals surface area contributed by atoms with E-state index in [0.717, 1.165) is 37.5 Å². The summed E-state index contributed by atoms with van der Waals surface area (Å²) >= 11 is 0. The minimum Gasteiger partial charge on any atom is -0.462 e. The summed E-state index contributed by atoms with van der Waals surface area (Å²) in [6.07, 6.45) is 30.1. The van der Waals surface area contributed by atoms with Crippen LogP contribution in [0.1, 0.15) is 197 Å². The maximum Gasteiger partial charge on any atom is 0.306 e. The second-order valence-electron chi connectivity index (χ2n) is 20.5. The summed E-state index contributed by atoms with van der Waals surface area (Å²) < 4.78 is 13.4. The fraction of sp³-hybridized carbons (Fsp3) is 0.935. The average molecular weight is 679 g/mol. The van der Waals surface area contributed by atoms with Crippen LogP contribution in [0.5, 0.6) is 0 Å². The number of carbonyl (C=O) groups excluding carboxylic acids is 1. The molecule has 1 aliphatic heterocycles. The third-order valence-electron chi connectivity index (χ3n) is 17.0. The van der Waals surface area contributed by atoms with E-state index in [1.54, 1.807) is 5.57 Å². The van der Waals surface area contributed by atoms with Crippen molar-refractivity contribution in [2.75, 3.05) is 0 Å². The number of esters is 1. The summed E-state index contributed by atoms with van der Waals surface area (Å²) in [5, 5.41) is 0. The Labute approximate surface area is 303 Å². The van der Waals surface area contributed by atoms with Crippen molar-refractivity contribution >= 4 is 5.97 Å². The van der Waals surface area contributed by atoms with Crippen molar-refractivity contribution in [1.29, 1.82) is 0 Å². The van der Waals surface area contributed by atoms with E-state index in [-0.39, 0.29) is 33.7 Å². The van der Waals surface area contributed by atoms with Crippen LogP contribution >= 0.6 is 0 Å². The molecule has 1 saturated heterocycles. The molecule has 4 saturated carbocycles. The average Bonchev–Trinajstić information content (AvgIpc) is 3.84. The van der Waals surface area contributed by atoms with Crippen LogP contribution in [0, 0.1) is 56.7 Å². The maximum absolute atomic E-state index is 13.2. The van der Waals surface area contributed by atoms with Crippen molar-refractivity contribution in [3.8, 4) is 0 Å². The molecule has 1 heterocycles. The molecule has 0 bridgehead atoms. The topological polar surface area (TPSA) is 38.8 Å². The molecule has 0 amide bonds. The number of epoxide rings is 1. The van der Waals surface area contributed by atoms with Crippen LogP contribution in [0.2, 0.25) is 0 Å². The Morgan fingerprint density at radius 2 is 1.39 bits per heavy atom. The largest absolute Gasteiger partial charge is 0.462 e. The van der Waals surface area contributed by atoms with Crippen LogP contribution in [0.15, 0.2) is 11.6 Å². The smallest absolute Gasteiger partial charge is 0.306 e. The van der Waals surface area contributed by atoms with E-state index in [1.807, 2.05) is 0 Å². The van der Waals surface area contributed by atoms with E-state index < -0.39 is 0 Å². The highest BCUT2D eigenvalue weighted by Crippen LogP contribution is 2.78. The predicted octanol–water partition coefficient (Wildman–Crippen LogP) is 13.0. The minimum absolute atomic E-state index is 0.0159. The quantitative estimate of drug-likeness (QED) is 0.0749. The summed E-state index contributed by atoms with van der Waals surface area (Å²) in [7, 11) is 0. The first-order valence-corrected chi connectivity index (χ1v) is 21.8. The second-order valence-corrected chi connectivity index (χ2v) is 20.5. The van der Waals surface area contributed by atoms with Gasteiger partial charge in [-0.25, -0.2) is 0 Å². The van der Waals surface area contributed by atoms with Gasteiger partial charge in [0.05, 0.1) is 12.2 Å². The van der Waals surface area contributed by atoms with Crippen LogP contribution < -0.4 is 0 Å². The molecule has 12 atom stereocenters. The molecule has 0 N–H and O–H groups in total. The summed E-state index contributed by atoms with van der Waals surface area (Å²) in [5.74, 6) is 3.42. The molecule has 0 aromatic heterocycles. The first-order chi connectivity index (χ1) is 23.2. The molecule has 3 nitrogen and oxygen atoms in total. The molecule has 0 aromatic carbocycles. The monoisotopic (exact) mass is 679 g/mol. The van der Waals surface area contributed by atoms with Gasteiger partial charge in [0.25, 0.3) is 0 Å². The standard InChI is InChI=1S/C46H78O3/c1-10-11-12-13-14-15-16-17-18-19-20-21-22-23-37(47)48-36-27-31-44(7)34(42(36,4)5)26-30-45(8)35-25-29-43(6)28-24-32(2)33(3)39(43)46(35,9)41-38(49-41)40(44)45/h25,32-34,36,38-41H,10-24,26-31H2,1-9H3/t32-,33+,34+,36+,38+,39-,40-,41+,43-,44+,45+,46-/m1/s1. The molecule has 49 heavy (non-hydrogen) atoms. The molecular formula is C46H78O3. The van der Waals surface area contributed by atoms with Crippen molar-refractivity contribution in [3.63, 3.8) is 0 Å². The van der Waals surface area contributed by atoms with Gasteiger partial charge in [-0.2, -0.15) is 0 Å². The first kappa shape index (κ1) is 37.9. The van der Waals surface area contributed by atoms with Crippen molar-refractivity contribution in [2.45, 2.75) is 215 Å². The third kappa shape index (κ3) is 6.66. The van der Waals surface area contributed by atoms with Crippen LogP contribution in [0.25, 0.3) is 0 Å². The Hall–Kier alpha value is -0.830. The van der Waals surface area contributed by atoms with Crippen LogP contribution in [-0.2, 0) is 14.3 Å². The Kier molecular flexibility index (Phi) is 11.2. The number of ether oxygens (including phenoxy) is 2. The van der Waals surface area contributed by atoms with Gasteiger partial charge >= 0.3 is 5.97 Å². The molecule has 6 rings (SSSR count). The highest BCUT2D eigenvalue weighted by Gasteiger charge is 2.77. The molecule has 5 fully saturated rings. The molecule has 6 aliphatic rings. The van der Waals surface area contributed by atoms with Gasteiger partial charge in [0, 0.05) is 23.2 Å². The molecule has 0 spiro atoms. The Morgan fingerprint density at radius 1 is 0.776 bits per heavy atom. The van der Waals surface area contributed by atoms with Crippen LogP contribution in [0.4, 0.5) is 0 Å². The van der Waals surface area contributed by atoms with E-state index in [4.69, 9.17) is 9.47 Å². The number of unbranched alkanes of at least 4 members (excludes halogenated alkanes) is 12. The van der Waals surface area contributed by atoms with Crippen molar-refractivity contribution in [2.24, 2.45) is 56.7 Å². The number of hydrogen-bond donors (Lipinski definition) is 0. The normalized spacial score (nSPS) is 44.8. The van der Waals surface area contributed by atoms with E-state index in [1.165, 1.54) is 103 Å². The van der Waals surface area contributed by atoms with Crippen molar-refractivity contribution in [1.82, 2.24) is 0 Å². The third-order valence-corrected chi connectivity index (χ3v) is 17.0. The van der Waals surface area contributed by atoms with Gasteiger partial charge in [-0.3, -0.25) is 4.79 Å². The lowest BCUT2D eigenvalue weighted by Crippen LogP contribution is -2.66. The molecule has 3 heteroatoms. The maximum atomic E-state index is 13.2. The SMILES string of the molecule is CCCCCCCCCCCCCCCC(=O)O[C@H]1CC[C@]2(C)[C@H]3[C@@H]4O[C@@H]4[C@]4(C)C(=CC[C@@]5(C)CC[C@@H](C)[C@H](C)[C@H]54)[C@]3(C)CC[C@H]2C1(C)C. The van der Waals surface area contributed by atoms with Crippen molar-refractivity contribution in [3.05, 3.63) is 11.6 Å². The van der Waals surface area contributed by atoms with Gasteiger partial charge in [0.2, 0.25) is 0 Å². The zero-order valence-electron chi connectivity index (χ0n) is 33.8. The summed E-state index contributed by atoms with van der Waals surface area (Å²) in [6, 6.07) is 0. The molecular weight excluding hydrogens is 601 g/mol. The lowest BCUT2D eigenvalue weighted by molar-refractivity contribution is -0.197. The number of carbonyl (C=O) groups is 1. The van der Waals surface area contributed by atoms with Gasteiger partial charge < -0.3 is 9.47 Å². The zero-order chi connectivity index (χ0) is 35.2. The van der Waals surface area contributed by atoms with E-state index in [9.17, 15) is 4.79 Å². The molecule has 0 aromatic rings. The predicted molar refractivity (Wildman–Crippen MR) is 204 cm³/mol. The zero-order valence-corrected chi connectivity index (χ0v) is 33.8. The summed E-state index contributed by atoms with van der Waals surface area (Å²) in [4.78, 5) is 13.2. The highest BCUT2D eigenvalue weighted by atomic mass is 16.6. The lowest BCUT2D eigenvalue weighted by Gasteiger charge is -2.69. The van der Waals surface area contributed by atoms with E-state index in [2.05, 4.69) is 68.4 Å². The molecule has 0 radical (unpaired) electrons. The van der Waals surface area contributed by atoms with Crippen LogP contribution in [-0.4, -0.2) is 24.3 Å². The second kappa shape index (κ2) is 14.5.